The molecule has 0 spiro atoms. The maximum atomic E-state index is 12.7. The van der Waals surface area contributed by atoms with Gasteiger partial charge in [0.1, 0.15) is 5.75 Å². The highest BCUT2D eigenvalue weighted by atomic mass is 16.5. The zero-order valence-electron chi connectivity index (χ0n) is 14.2. The van der Waals surface area contributed by atoms with Gasteiger partial charge in [-0.3, -0.25) is 4.79 Å². The fourth-order valence-corrected chi connectivity index (χ4v) is 2.82. The number of carbonyl (C=O) groups excluding carboxylic acids is 1. The van der Waals surface area contributed by atoms with Crippen molar-refractivity contribution in [3.63, 3.8) is 0 Å². The largest absolute Gasteiger partial charge is 0.495 e. The molecule has 3 aromatic rings. The number of methoxy groups -OCH3 is 1. The highest BCUT2D eigenvalue weighted by Crippen LogP contribution is 2.24. The van der Waals surface area contributed by atoms with E-state index in [1.807, 2.05) is 66.7 Å². The van der Waals surface area contributed by atoms with Gasteiger partial charge in [-0.25, -0.2) is 0 Å². The van der Waals surface area contributed by atoms with Crippen molar-refractivity contribution in [2.75, 3.05) is 12.4 Å². The summed E-state index contributed by atoms with van der Waals surface area (Å²) in [6, 6.07) is 25.5. The number of hydrogen-bond acceptors (Lipinski definition) is 2. The molecule has 0 saturated heterocycles. The Morgan fingerprint density at radius 2 is 1.52 bits per heavy atom. The second-order valence-corrected chi connectivity index (χ2v) is 5.80. The van der Waals surface area contributed by atoms with Crippen LogP contribution in [0.5, 0.6) is 5.75 Å². The van der Waals surface area contributed by atoms with Crippen LogP contribution in [0.2, 0.25) is 0 Å². The number of nitrogens with one attached hydrogen (secondary N) is 1. The maximum Gasteiger partial charge on any atom is 0.256 e. The van der Waals surface area contributed by atoms with E-state index in [0.29, 0.717) is 17.0 Å². The van der Waals surface area contributed by atoms with Crippen molar-refractivity contribution in [2.24, 2.45) is 0 Å². The third-order valence-electron chi connectivity index (χ3n) is 4.14. The number of carbonyl (C=O) groups is 1. The molecular weight excluding hydrogens is 310 g/mol. The third kappa shape index (κ3) is 4.27. The lowest BCUT2D eigenvalue weighted by Crippen LogP contribution is -2.15. The molecule has 0 radical (unpaired) electrons. The van der Waals surface area contributed by atoms with Gasteiger partial charge < -0.3 is 10.1 Å². The summed E-state index contributed by atoms with van der Waals surface area (Å²) in [5.41, 5.74) is 3.68. The molecule has 0 fully saturated rings. The fraction of sp³-hybridized carbons (Fsp3) is 0.136. The Morgan fingerprint density at radius 1 is 0.840 bits per heavy atom. The molecule has 1 amide bonds. The number of amides is 1. The lowest BCUT2D eigenvalue weighted by molar-refractivity contribution is 0.102. The van der Waals surface area contributed by atoms with Crippen molar-refractivity contribution in [2.45, 2.75) is 12.8 Å². The minimum atomic E-state index is -0.117. The summed E-state index contributed by atoms with van der Waals surface area (Å²) in [6.45, 7) is 0. The standard InChI is InChI=1S/C22H21NO2/c1-25-21-14-8-7-13-20(21)23-22(24)19-12-6-5-11-18(19)16-15-17-9-3-2-4-10-17/h2-14H,15-16H2,1H3,(H,23,24). The molecule has 0 aliphatic carbocycles. The van der Waals surface area contributed by atoms with E-state index in [-0.39, 0.29) is 5.91 Å². The Labute approximate surface area is 148 Å². The van der Waals surface area contributed by atoms with Crippen LogP contribution < -0.4 is 10.1 Å². The van der Waals surface area contributed by atoms with Gasteiger partial charge in [-0.2, -0.15) is 0 Å². The number of ether oxygens (including phenoxy) is 1. The zero-order valence-corrected chi connectivity index (χ0v) is 14.2. The van der Waals surface area contributed by atoms with E-state index < -0.39 is 0 Å². The summed E-state index contributed by atoms with van der Waals surface area (Å²) in [5, 5.41) is 2.95. The Hall–Kier alpha value is -3.07. The third-order valence-corrected chi connectivity index (χ3v) is 4.14. The summed E-state index contributed by atoms with van der Waals surface area (Å²) in [6.07, 6.45) is 1.72. The predicted octanol–water partition coefficient (Wildman–Crippen LogP) is 4.73. The minimum absolute atomic E-state index is 0.117. The Kier molecular flexibility index (Phi) is 5.47. The Morgan fingerprint density at radius 3 is 2.32 bits per heavy atom. The van der Waals surface area contributed by atoms with Crippen LogP contribution in [0.15, 0.2) is 78.9 Å². The lowest BCUT2D eigenvalue weighted by Gasteiger charge is -2.12. The van der Waals surface area contributed by atoms with Gasteiger partial charge >= 0.3 is 0 Å². The maximum absolute atomic E-state index is 12.7. The van der Waals surface area contributed by atoms with Crippen molar-refractivity contribution < 1.29 is 9.53 Å². The van der Waals surface area contributed by atoms with Crippen LogP contribution >= 0.6 is 0 Å². The first kappa shape index (κ1) is 16.8. The van der Waals surface area contributed by atoms with E-state index in [0.717, 1.165) is 18.4 Å². The van der Waals surface area contributed by atoms with Crippen LogP contribution in [-0.2, 0) is 12.8 Å². The van der Waals surface area contributed by atoms with Crippen LogP contribution in [0.3, 0.4) is 0 Å². The molecule has 0 aliphatic heterocycles. The van der Waals surface area contributed by atoms with Gasteiger partial charge in [0.2, 0.25) is 0 Å². The molecule has 3 heteroatoms. The first-order valence-corrected chi connectivity index (χ1v) is 8.34. The average Bonchev–Trinajstić information content (AvgIpc) is 2.68. The van der Waals surface area contributed by atoms with E-state index in [2.05, 4.69) is 17.4 Å². The average molecular weight is 331 g/mol. The molecule has 0 bridgehead atoms. The van der Waals surface area contributed by atoms with E-state index in [9.17, 15) is 4.79 Å². The summed E-state index contributed by atoms with van der Waals surface area (Å²) >= 11 is 0. The van der Waals surface area contributed by atoms with Crippen LogP contribution in [0.4, 0.5) is 5.69 Å². The molecule has 0 aromatic heterocycles. The Balaban J connectivity index is 1.76. The van der Waals surface area contributed by atoms with Crippen molar-refractivity contribution in [3.8, 4) is 5.75 Å². The van der Waals surface area contributed by atoms with Crippen LogP contribution in [0.25, 0.3) is 0 Å². The van der Waals surface area contributed by atoms with E-state index in [4.69, 9.17) is 4.74 Å². The van der Waals surface area contributed by atoms with Gasteiger partial charge in [0, 0.05) is 5.56 Å². The summed E-state index contributed by atoms with van der Waals surface area (Å²) in [4.78, 5) is 12.7. The first-order chi connectivity index (χ1) is 12.3. The highest BCUT2D eigenvalue weighted by molar-refractivity contribution is 6.06. The smallest absolute Gasteiger partial charge is 0.256 e. The van der Waals surface area contributed by atoms with E-state index >= 15 is 0 Å². The quantitative estimate of drug-likeness (QED) is 0.709. The molecule has 0 aliphatic rings. The summed E-state index contributed by atoms with van der Waals surface area (Å²) in [5.74, 6) is 0.533. The minimum Gasteiger partial charge on any atom is -0.495 e. The monoisotopic (exact) mass is 331 g/mol. The number of hydrogen-bond donors (Lipinski definition) is 1. The molecule has 3 nitrogen and oxygen atoms in total. The summed E-state index contributed by atoms with van der Waals surface area (Å²) < 4.78 is 5.30. The lowest BCUT2D eigenvalue weighted by atomic mass is 9.99. The summed E-state index contributed by atoms with van der Waals surface area (Å²) in [7, 11) is 1.60. The molecule has 0 atom stereocenters. The second-order valence-electron chi connectivity index (χ2n) is 5.80. The molecule has 25 heavy (non-hydrogen) atoms. The normalized spacial score (nSPS) is 10.3. The van der Waals surface area contributed by atoms with Crippen LogP contribution in [-0.4, -0.2) is 13.0 Å². The van der Waals surface area contributed by atoms with Gasteiger partial charge in [-0.05, 0) is 42.2 Å². The van der Waals surface area contributed by atoms with Gasteiger partial charge in [-0.1, -0.05) is 60.7 Å². The molecule has 3 rings (SSSR count). The zero-order chi connectivity index (χ0) is 17.5. The van der Waals surface area contributed by atoms with Crippen molar-refractivity contribution in [1.82, 2.24) is 0 Å². The number of benzene rings is 3. The van der Waals surface area contributed by atoms with E-state index in [1.54, 1.807) is 7.11 Å². The topological polar surface area (TPSA) is 38.3 Å². The SMILES string of the molecule is COc1ccccc1NC(=O)c1ccccc1CCc1ccccc1. The molecule has 126 valence electrons. The molecular formula is C22H21NO2. The number of rotatable bonds is 6. The molecule has 0 heterocycles. The number of anilines is 1. The van der Waals surface area contributed by atoms with Crippen molar-refractivity contribution >= 4 is 11.6 Å². The number of para-hydroxylation sites is 2. The first-order valence-electron chi connectivity index (χ1n) is 8.34. The van der Waals surface area contributed by atoms with E-state index in [1.165, 1.54) is 5.56 Å². The number of aryl methyl sites for hydroxylation is 2. The Bertz CT molecular complexity index is 843. The van der Waals surface area contributed by atoms with Crippen molar-refractivity contribution in [1.29, 1.82) is 0 Å². The molecule has 3 aromatic carbocycles. The molecule has 0 unspecified atom stereocenters. The van der Waals surface area contributed by atoms with Crippen molar-refractivity contribution in [3.05, 3.63) is 95.6 Å². The van der Waals surface area contributed by atoms with Gasteiger partial charge in [0.25, 0.3) is 5.91 Å². The molecule has 0 saturated carbocycles. The second kappa shape index (κ2) is 8.15. The predicted molar refractivity (Wildman–Crippen MR) is 101 cm³/mol. The van der Waals surface area contributed by atoms with Gasteiger partial charge in [0.15, 0.2) is 0 Å². The van der Waals surface area contributed by atoms with Gasteiger partial charge in [-0.15, -0.1) is 0 Å². The van der Waals surface area contributed by atoms with Crippen LogP contribution in [0.1, 0.15) is 21.5 Å². The van der Waals surface area contributed by atoms with Crippen LogP contribution in [0, 0.1) is 0 Å². The fourth-order valence-electron chi connectivity index (χ4n) is 2.82. The molecule has 1 N–H and O–H groups in total. The highest BCUT2D eigenvalue weighted by Gasteiger charge is 2.13. The van der Waals surface area contributed by atoms with Gasteiger partial charge in [0.05, 0.1) is 12.8 Å².